The highest BCUT2D eigenvalue weighted by molar-refractivity contribution is 7.10. The van der Waals surface area contributed by atoms with Crippen LogP contribution in [0.5, 0.6) is 0 Å². The largest absolute Gasteiger partial charge is 0.393 e. The average Bonchev–Trinajstić information content (AvgIpc) is 2.45. The van der Waals surface area contributed by atoms with E-state index in [2.05, 4.69) is 39.1 Å². The molecule has 0 amide bonds. The Labute approximate surface area is 90.8 Å². The number of aliphatic hydroxyl groups is 1. The topological polar surface area (TPSA) is 20.2 Å². The Morgan fingerprint density at radius 1 is 1.43 bits per heavy atom. The lowest BCUT2D eigenvalue weighted by Crippen LogP contribution is -2.26. The van der Waals surface area contributed by atoms with Crippen LogP contribution in [0.3, 0.4) is 0 Å². The minimum absolute atomic E-state index is 0.00512. The molecule has 0 aromatic carbocycles. The smallest absolute Gasteiger partial charge is 0.0592 e. The van der Waals surface area contributed by atoms with Gasteiger partial charge < -0.3 is 5.11 Å². The molecule has 0 saturated carbocycles. The highest BCUT2D eigenvalue weighted by Gasteiger charge is 2.21. The maximum absolute atomic E-state index is 9.88. The fourth-order valence-electron chi connectivity index (χ4n) is 1.36. The molecule has 0 aliphatic carbocycles. The molecule has 1 nitrogen and oxygen atoms in total. The van der Waals surface area contributed by atoms with E-state index >= 15 is 0 Å². The van der Waals surface area contributed by atoms with Crippen LogP contribution in [0.1, 0.15) is 37.6 Å². The van der Waals surface area contributed by atoms with Crippen LogP contribution < -0.4 is 0 Å². The van der Waals surface area contributed by atoms with E-state index in [0.29, 0.717) is 0 Å². The Balaban J connectivity index is 2.46. The Bertz CT molecular complexity index is 283. The molecule has 0 spiro atoms. The molecule has 2 heteroatoms. The molecule has 1 atom stereocenters. The first kappa shape index (κ1) is 11.7. The van der Waals surface area contributed by atoms with Gasteiger partial charge in [0.25, 0.3) is 0 Å². The predicted molar refractivity (Wildman–Crippen MR) is 62.8 cm³/mol. The van der Waals surface area contributed by atoms with Gasteiger partial charge in [-0.05, 0) is 42.2 Å². The second-order valence-electron chi connectivity index (χ2n) is 4.95. The van der Waals surface area contributed by atoms with E-state index in [1.165, 1.54) is 10.4 Å². The Hall–Kier alpha value is -0.340. The van der Waals surface area contributed by atoms with Crippen LogP contribution in [0.4, 0.5) is 0 Å². The standard InChI is InChI=1S/C12H20OS/c1-9-7-8-14-10(9)5-6-11(13)12(2,3)4/h7-8,11,13H,5-6H2,1-4H3. The van der Waals surface area contributed by atoms with Crippen molar-refractivity contribution in [3.63, 3.8) is 0 Å². The summed E-state index contributed by atoms with van der Waals surface area (Å²) >= 11 is 1.79. The SMILES string of the molecule is Cc1ccsc1CCC(O)C(C)(C)C. The highest BCUT2D eigenvalue weighted by Crippen LogP contribution is 2.25. The van der Waals surface area contributed by atoms with Crippen LogP contribution in [-0.2, 0) is 6.42 Å². The van der Waals surface area contributed by atoms with Crippen LogP contribution in [0.2, 0.25) is 0 Å². The highest BCUT2D eigenvalue weighted by atomic mass is 32.1. The van der Waals surface area contributed by atoms with Gasteiger partial charge in [-0.15, -0.1) is 11.3 Å². The van der Waals surface area contributed by atoms with Crippen molar-refractivity contribution in [3.05, 3.63) is 21.9 Å². The van der Waals surface area contributed by atoms with Crippen molar-refractivity contribution < 1.29 is 5.11 Å². The van der Waals surface area contributed by atoms with Gasteiger partial charge in [0.2, 0.25) is 0 Å². The van der Waals surface area contributed by atoms with E-state index in [1.807, 2.05) is 0 Å². The summed E-state index contributed by atoms with van der Waals surface area (Å²) in [4.78, 5) is 1.41. The minimum atomic E-state index is -0.205. The van der Waals surface area contributed by atoms with Crippen LogP contribution in [0.25, 0.3) is 0 Å². The van der Waals surface area contributed by atoms with Gasteiger partial charge in [0, 0.05) is 4.88 Å². The zero-order valence-electron chi connectivity index (χ0n) is 9.50. The zero-order valence-corrected chi connectivity index (χ0v) is 10.3. The van der Waals surface area contributed by atoms with E-state index < -0.39 is 0 Å². The molecule has 0 radical (unpaired) electrons. The number of aryl methyl sites for hydroxylation is 2. The Morgan fingerprint density at radius 3 is 2.50 bits per heavy atom. The summed E-state index contributed by atoms with van der Waals surface area (Å²) in [5.41, 5.74) is 1.36. The van der Waals surface area contributed by atoms with Gasteiger partial charge in [-0.1, -0.05) is 20.8 Å². The molecule has 1 unspecified atom stereocenters. The molecule has 0 aliphatic heterocycles. The van der Waals surface area contributed by atoms with Gasteiger partial charge in [-0.25, -0.2) is 0 Å². The molecule has 1 heterocycles. The maximum atomic E-state index is 9.88. The lowest BCUT2D eigenvalue weighted by Gasteiger charge is -2.25. The molecule has 0 saturated heterocycles. The molecule has 1 N–H and O–H groups in total. The van der Waals surface area contributed by atoms with Crippen molar-refractivity contribution in [2.75, 3.05) is 0 Å². The fraction of sp³-hybridized carbons (Fsp3) is 0.667. The molecule has 14 heavy (non-hydrogen) atoms. The summed E-state index contributed by atoms with van der Waals surface area (Å²) in [7, 11) is 0. The van der Waals surface area contributed by atoms with Crippen LogP contribution >= 0.6 is 11.3 Å². The molecule has 1 aromatic heterocycles. The van der Waals surface area contributed by atoms with Crippen molar-refractivity contribution >= 4 is 11.3 Å². The molecule has 0 aliphatic rings. The van der Waals surface area contributed by atoms with E-state index in [0.717, 1.165) is 12.8 Å². The van der Waals surface area contributed by atoms with Gasteiger partial charge in [0.15, 0.2) is 0 Å². The number of hydrogen-bond acceptors (Lipinski definition) is 2. The van der Waals surface area contributed by atoms with Gasteiger partial charge >= 0.3 is 0 Å². The first-order chi connectivity index (χ1) is 6.41. The number of hydrogen-bond donors (Lipinski definition) is 1. The van der Waals surface area contributed by atoms with E-state index in [1.54, 1.807) is 11.3 Å². The van der Waals surface area contributed by atoms with Crippen molar-refractivity contribution in [1.82, 2.24) is 0 Å². The summed E-state index contributed by atoms with van der Waals surface area (Å²) in [5, 5.41) is 12.0. The lowest BCUT2D eigenvalue weighted by atomic mass is 9.86. The molecular weight excluding hydrogens is 192 g/mol. The lowest BCUT2D eigenvalue weighted by molar-refractivity contribution is 0.0561. The van der Waals surface area contributed by atoms with Crippen LogP contribution in [-0.4, -0.2) is 11.2 Å². The van der Waals surface area contributed by atoms with Crippen molar-refractivity contribution in [1.29, 1.82) is 0 Å². The Morgan fingerprint density at radius 2 is 2.07 bits per heavy atom. The molecule has 80 valence electrons. The van der Waals surface area contributed by atoms with Gasteiger partial charge in [-0.3, -0.25) is 0 Å². The van der Waals surface area contributed by atoms with Gasteiger partial charge in [-0.2, -0.15) is 0 Å². The van der Waals surface area contributed by atoms with E-state index in [4.69, 9.17) is 0 Å². The first-order valence-corrected chi connectivity index (χ1v) is 6.00. The van der Waals surface area contributed by atoms with Crippen LogP contribution in [0.15, 0.2) is 11.4 Å². The Kier molecular flexibility index (Phi) is 3.73. The number of aliphatic hydroxyl groups excluding tert-OH is 1. The second-order valence-corrected chi connectivity index (χ2v) is 5.95. The van der Waals surface area contributed by atoms with Gasteiger partial charge in [0.1, 0.15) is 0 Å². The average molecular weight is 212 g/mol. The third-order valence-electron chi connectivity index (χ3n) is 2.61. The predicted octanol–water partition coefficient (Wildman–Crippen LogP) is 3.40. The second kappa shape index (κ2) is 4.45. The first-order valence-electron chi connectivity index (χ1n) is 5.12. The molecule has 1 aromatic rings. The summed E-state index contributed by atoms with van der Waals surface area (Å²) in [6.07, 6.45) is 1.66. The van der Waals surface area contributed by atoms with Crippen molar-refractivity contribution in [2.24, 2.45) is 5.41 Å². The number of rotatable bonds is 3. The van der Waals surface area contributed by atoms with Crippen molar-refractivity contribution in [3.8, 4) is 0 Å². The number of thiophene rings is 1. The maximum Gasteiger partial charge on any atom is 0.0592 e. The summed E-state index contributed by atoms with van der Waals surface area (Å²) < 4.78 is 0. The monoisotopic (exact) mass is 212 g/mol. The third kappa shape index (κ3) is 3.10. The zero-order chi connectivity index (χ0) is 10.8. The molecule has 0 fully saturated rings. The summed E-state index contributed by atoms with van der Waals surface area (Å²) in [6, 6.07) is 2.14. The van der Waals surface area contributed by atoms with Crippen molar-refractivity contribution in [2.45, 2.75) is 46.6 Å². The molecule has 0 bridgehead atoms. The quantitative estimate of drug-likeness (QED) is 0.814. The normalized spacial score (nSPS) is 14.4. The minimum Gasteiger partial charge on any atom is -0.393 e. The van der Waals surface area contributed by atoms with E-state index in [9.17, 15) is 5.11 Å². The summed E-state index contributed by atoms with van der Waals surface area (Å²) in [6.45, 7) is 8.38. The summed E-state index contributed by atoms with van der Waals surface area (Å²) in [5.74, 6) is 0. The molecular formula is C12H20OS. The van der Waals surface area contributed by atoms with Gasteiger partial charge in [0.05, 0.1) is 6.10 Å². The van der Waals surface area contributed by atoms with E-state index in [-0.39, 0.29) is 11.5 Å². The fourth-order valence-corrected chi connectivity index (χ4v) is 2.29. The van der Waals surface area contributed by atoms with Crippen LogP contribution in [0, 0.1) is 12.3 Å². The molecule has 1 rings (SSSR count). The third-order valence-corrected chi connectivity index (χ3v) is 3.70.